The van der Waals surface area contributed by atoms with E-state index in [1.165, 1.54) is 6.07 Å². The smallest absolute Gasteiger partial charge is 0.146 e. The van der Waals surface area contributed by atoms with E-state index in [1.54, 1.807) is 6.07 Å². The highest BCUT2D eigenvalue weighted by atomic mass is 19.1. The number of halogens is 1. The number of nitrogens with zero attached hydrogens (tertiary/aromatic N) is 1. The first-order valence-corrected chi connectivity index (χ1v) is 6.44. The number of hydrogen-bond acceptors (Lipinski definition) is 2. The third-order valence-electron chi connectivity index (χ3n) is 3.49. The number of benzene rings is 1. The maximum Gasteiger partial charge on any atom is 0.146 e. The number of piperidine rings is 1. The van der Waals surface area contributed by atoms with Crippen LogP contribution in [-0.2, 0) is 0 Å². The molecule has 3 heteroatoms. The average Bonchev–Trinajstić information content (AvgIpc) is 2.33. The lowest BCUT2D eigenvalue weighted by Crippen LogP contribution is -2.49. The predicted molar refractivity (Wildman–Crippen MR) is 69.9 cm³/mol. The van der Waals surface area contributed by atoms with Crippen LogP contribution in [0.2, 0.25) is 0 Å². The van der Waals surface area contributed by atoms with Crippen molar-refractivity contribution < 1.29 is 4.39 Å². The number of nitrogens with one attached hydrogen (secondary N) is 1. The van der Waals surface area contributed by atoms with Gasteiger partial charge in [-0.05, 0) is 37.9 Å². The molecular weight excluding hydrogens is 215 g/mol. The molecule has 2 unspecified atom stereocenters. The fourth-order valence-corrected chi connectivity index (χ4v) is 2.67. The molecular formula is C14H21FN2. The van der Waals surface area contributed by atoms with Crippen LogP contribution in [-0.4, -0.2) is 25.7 Å². The van der Waals surface area contributed by atoms with Crippen LogP contribution >= 0.6 is 0 Å². The van der Waals surface area contributed by atoms with E-state index in [0.29, 0.717) is 12.0 Å². The van der Waals surface area contributed by atoms with Gasteiger partial charge in [-0.2, -0.15) is 0 Å². The normalized spacial score (nSPS) is 24.6. The fourth-order valence-electron chi connectivity index (χ4n) is 2.67. The van der Waals surface area contributed by atoms with E-state index in [9.17, 15) is 4.39 Å². The Morgan fingerprint density at radius 1 is 1.35 bits per heavy atom. The molecule has 0 bridgehead atoms. The lowest BCUT2D eigenvalue weighted by molar-refractivity contribution is 0.348. The topological polar surface area (TPSA) is 15.3 Å². The summed E-state index contributed by atoms with van der Waals surface area (Å²) in [5.74, 6) is 0.544. The molecule has 2 nitrogen and oxygen atoms in total. The van der Waals surface area contributed by atoms with Crippen LogP contribution in [0, 0.1) is 11.7 Å². The van der Waals surface area contributed by atoms with Crippen LogP contribution < -0.4 is 10.2 Å². The lowest BCUT2D eigenvalue weighted by atomic mass is 9.96. The first-order chi connectivity index (χ1) is 8.22. The highest BCUT2D eigenvalue weighted by molar-refractivity contribution is 5.48. The van der Waals surface area contributed by atoms with Crippen molar-refractivity contribution >= 4 is 5.69 Å². The zero-order valence-corrected chi connectivity index (χ0v) is 10.6. The zero-order valence-electron chi connectivity index (χ0n) is 10.6. The van der Waals surface area contributed by atoms with Crippen LogP contribution in [0.25, 0.3) is 0 Å². The van der Waals surface area contributed by atoms with E-state index < -0.39 is 0 Å². The van der Waals surface area contributed by atoms with E-state index in [1.807, 2.05) is 12.1 Å². The molecule has 1 aliphatic heterocycles. The van der Waals surface area contributed by atoms with Crippen molar-refractivity contribution in [3.05, 3.63) is 30.1 Å². The summed E-state index contributed by atoms with van der Waals surface area (Å²) in [6.45, 7) is 7.21. The second-order valence-electron chi connectivity index (χ2n) is 4.89. The molecule has 17 heavy (non-hydrogen) atoms. The molecule has 0 aromatic heterocycles. The molecule has 1 aromatic rings. The minimum atomic E-state index is -0.118. The van der Waals surface area contributed by atoms with E-state index in [-0.39, 0.29) is 5.82 Å². The molecule has 0 amide bonds. The van der Waals surface area contributed by atoms with Crippen molar-refractivity contribution in [3.63, 3.8) is 0 Å². The Labute approximate surface area is 103 Å². The van der Waals surface area contributed by atoms with Gasteiger partial charge in [0.1, 0.15) is 5.82 Å². The minimum absolute atomic E-state index is 0.118. The molecule has 1 heterocycles. The summed E-state index contributed by atoms with van der Waals surface area (Å²) in [7, 11) is 0. The van der Waals surface area contributed by atoms with Crippen molar-refractivity contribution in [2.45, 2.75) is 26.3 Å². The van der Waals surface area contributed by atoms with Gasteiger partial charge < -0.3 is 10.2 Å². The van der Waals surface area contributed by atoms with Crippen molar-refractivity contribution in [2.24, 2.45) is 5.92 Å². The zero-order chi connectivity index (χ0) is 12.3. The van der Waals surface area contributed by atoms with Crippen molar-refractivity contribution in [3.8, 4) is 0 Å². The summed E-state index contributed by atoms with van der Waals surface area (Å²) in [5.41, 5.74) is 0.732. The highest BCUT2D eigenvalue weighted by Crippen LogP contribution is 2.24. The molecule has 0 spiro atoms. The minimum Gasteiger partial charge on any atom is -0.365 e. The van der Waals surface area contributed by atoms with Crippen LogP contribution in [0.1, 0.15) is 20.3 Å². The Balaban J connectivity index is 2.18. The molecule has 94 valence electrons. The number of anilines is 1. The molecule has 1 aliphatic rings. The highest BCUT2D eigenvalue weighted by Gasteiger charge is 2.24. The maximum atomic E-state index is 13.8. The van der Waals surface area contributed by atoms with Gasteiger partial charge >= 0.3 is 0 Å². The van der Waals surface area contributed by atoms with Gasteiger partial charge in [-0.15, -0.1) is 0 Å². The van der Waals surface area contributed by atoms with Crippen molar-refractivity contribution in [1.82, 2.24) is 5.32 Å². The largest absolute Gasteiger partial charge is 0.365 e. The number of likely N-dealkylation sites (N-methyl/N-ethyl adjacent to an activating group) is 1. The Kier molecular flexibility index (Phi) is 4.00. The third kappa shape index (κ3) is 2.78. The summed E-state index contributed by atoms with van der Waals surface area (Å²) in [4.78, 5) is 2.18. The van der Waals surface area contributed by atoms with Gasteiger partial charge in [-0.1, -0.05) is 19.1 Å². The molecule has 1 N–H and O–H groups in total. The molecule has 0 radical (unpaired) electrons. The average molecular weight is 236 g/mol. The summed E-state index contributed by atoms with van der Waals surface area (Å²) in [6, 6.07) is 7.46. The van der Waals surface area contributed by atoms with Crippen LogP contribution in [0.15, 0.2) is 24.3 Å². The SMILES string of the molecule is CCN(c1ccccc1F)C1CNCC(C)C1. The third-order valence-corrected chi connectivity index (χ3v) is 3.49. The predicted octanol–water partition coefficient (Wildman–Crippen LogP) is 2.65. The van der Waals surface area contributed by atoms with Crippen molar-refractivity contribution in [1.29, 1.82) is 0 Å². The molecule has 0 saturated carbocycles. The standard InChI is InChI=1S/C14H21FN2/c1-3-17(12-8-11(2)9-16-10-12)14-7-5-4-6-13(14)15/h4-7,11-12,16H,3,8-10H2,1-2H3. The van der Waals surface area contributed by atoms with Crippen LogP contribution in [0.5, 0.6) is 0 Å². The first-order valence-electron chi connectivity index (χ1n) is 6.44. The van der Waals surface area contributed by atoms with Gasteiger partial charge in [0.05, 0.1) is 5.69 Å². The van der Waals surface area contributed by atoms with E-state index >= 15 is 0 Å². The maximum absolute atomic E-state index is 13.8. The Morgan fingerprint density at radius 3 is 2.76 bits per heavy atom. The molecule has 2 atom stereocenters. The summed E-state index contributed by atoms with van der Waals surface area (Å²) >= 11 is 0. The Morgan fingerprint density at radius 2 is 2.12 bits per heavy atom. The van der Waals surface area contributed by atoms with E-state index in [2.05, 4.69) is 24.1 Å². The van der Waals surface area contributed by atoms with Gasteiger partial charge in [0.15, 0.2) is 0 Å². The number of hydrogen-bond donors (Lipinski definition) is 1. The van der Waals surface area contributed by atoms with Crippen LogP contribution in [0.4, 0.5) is 10.1 Å². The second kappa shape index (κ2) is 5.50. The Bertz CT molecular complexity index is 367. The van der Waals surface area contributed by atoms with Crippen LogP contribution in [0.3, 0.4) is 0 Å². The molecule has 1 saturated heterocycles. The van der Waals surface area contributed by atoms with E-state index in [0.717, 1.165) is 31.7 Å². The van der Waals surface area contributed by atoms with Gasteiger partial charge in [-0.3, -0.25) is 0 Å². The van der Waals surface area contributed by atoms with Gasteiger partial charge in [0.2, 0.25) is 0 Å². The quantitative estimate of drug-likeness (QED) is 0.868. The monoisotopic (exact) mass is 236 g/mol. The number of para-hydroxylation sites is 1. The van der Waals surface area contributed by atoms with Gasteiger partial charge in [0.25, 0.3) is 0 Å². The molecule has 0 aliphatic carbocycles. The first kappa shape index (κ1) is 12.4. The summed E-state index contributed by atoms with van der Waals surface area (Å²) in [6.07, 6.45) is 1.13. The second-order valence-corrected chi connectivity index (χ2v) is 4.89. The Hall–Kier alpha value is -1.09. The van der Waals surface area contributed by atoms with E-state index in [4.69, 9.17) is 0 Å². The molecule has 1 fully saturated rings. The summed E-state index contributed by atoms with van der Waals surface area (Å²) < 4.78 is 13.8. The number of rotatable bonds is 3. The summed E-state index contributed by atoms with van der Waals surface area (Å²) in [5, 5.41) is 3.42. The van der Waals surface area contributed by atoms with Gasteiger partial charge in [0, 0.05) is 19.1 Å². The van der Waals surface area contributed by atoms with Gasteiger partial charge in [-0.25, -0.2) is 4.39 Å². The molecule has 2 rings (SSSR count). The fraction of sp³-hybridized carbons (Fsp3) is 0.571. The lowest BCUT2D eigenvalue weighted by Gasteiger charge is -2.38. The molecule has 1 aromatic carbocycles. The van der Waals surface area contributed by atoms with Crippen molar-refractivity contribution in [2.75, 3.05) is 24.5 Å².